The summed E-state index contributed by atoms with van der Waals surface area (Å²) in [5.41, 5.74) is 3.30. The van der Waals surface area contributed by atoms with Crippen LogP contribution in [0.25, 0.3) is 0 Å². The third kappa shape index (κ3) is 3.16. The van der Waals surface area contributed by atoms with E-state index in [1.165, 1.54) is 12.4 Å². The number of rotatable bonds is 3. The van der Waals surface area contributed by atoms with Gasteiger partial charge in [0.15, 0.2) is 5.82 Å². The van der Waals surface area contributed by atoms with Gasteiger partial charge >= 0.3 is 0 Å². The molecule has 0 fully saturated rings. The lowest BCUT2D eigenvalue weighted by atomic mass is 10.0. The van der Waals surface area contributed by atoms with E-state index < -0.39 is 10.0 Å². The number of sulfonamides is 1. The average molecular weight is 326 g/mol. The molecular weight excluding hydrogens is 310 g/mol. The molecule has 0 aliphatic rings. The van der Waals surface area contributed by atoms with Crippen molar-refractivity contribution in [1.82, 2.24) is 9.97 Å². The number of hydrogen-bond acceptors (Lipinski definition) is 4. The lowest BCUT2D eigenvalue weighted by Crippen LogP contribution is -2.17. The first-order valence-corrected chi connectivity index (χ1v) is 8.16. The zero-order valence-corrected chi connectivity index (χ0v) is 13.8. The Hall–Kier alpha value is -1.66. The van der Waals surface area contributed by atoms with Gasteiger partial charge in [-0.25, -0.2) is 13.4 Å². The number of halogens is 1. The molecule has 0 aliphatic heterocycles. The molecule has 0 radical (unpaired) electrons. The molecule has 0 atom stereocenters. The Bertz CT molecular complexity index is 778. The highest BCUT2D eigenvalue weighted by atomic mass is 35.5. The van der Waals surface area contributed by atoms with Crippen LogP contribution in [0.4, 0.5) is 5.82 Å². The summed E-state index contributed by atoms with van der Waals surface area (Å²) in [5, 5.41) is 0.129. The second kappa shape index (κ2) is 5.61. The molecule has 1 aromatic heterocycles. The standard InChI is InChI=1S/C14H16ClN3O2S/c1-8-5-9(2)11(4)14(10(8)3)21(19,20)18-13-7-16-6-12(15)17-13/h5-7H,1-4H3,(H,17,18). The maximum absolute atomic E-state index is 12.6. The van der Waals surface area contributed by atoms with Gasteiger partial charge in [-0.15, -0.1) is 0 Å². The van der Waals surface area contributed by atoms with Crippen molar-refractivity contribution >= 4 is 27.4 Å². The fraction of sp³-hybridized carbons (Fsp3) is 0.286. The molecule has 2 aromatic rings. The first-order valence-electron chi connectivity index (χ1n) is 6.30. The molecule has 0 amide bonds. The number of nitrogens with zero attached hydrogens (tertiary/aromatic N) is 2. The Kier molecular flexibility index (Phi) is 4.20. The number of nitrogens with one attached hydrogen (secondary N) is 1. The van der Waals surface area contributed by atoms with Crippen LogP contribution in [0.1, 0.15) is 22.3 Å². The predicted octanol–water partition coefficient (Wildman–Crippen LogP) is 3.16. The van der Waals surface area contributed by atoms with E-state index in [4.69, 9.17) is 11.6 Å². The van der Waals surface area contributed by atoms with Gasteiger partial charge in [0.05, 0.1) is 17.3 Å². The summed E-state index contributed by atoms with van der Waals surface area (Å²) < 4.78 is 27.7. The van der Waals surface area contributed by atoms with Crippen LogP contribution in [0.5, 0.6) is 0 Å². The zero-order valence-electron chi connectivity index (χ0n) is 12.2. The molecule has 21 heavy (non-hydrogen) atoms. The van der Waals surface area contributed by atoms with Gasteiger partial charge in [0.25, 0.3) is 10.0 Å². The van der Waals surface area contributed by atoms with Crippen LogP contribution in [-0.2, 0) is 10.0 Å². The minimum Gasteiger partial charge on any atom is -0.262 e. The summed E-state index contributed by atoms with van der Waals surface area (Å²) >= 11 is 5.72. The normalized spacial score (nSPS) is 11.5. The van der Waals surface area contributed by atoms with Gasteiger partial charge in [0.2, 0.25) is 0 Å². The molecule has 1 N–H and O–H groups in total. The fourth-order valence-corrected chi connectivity index (χ4v) is 3.92. The van der Waals surface area contributed by atoms with Gasteiger partial charge < -0.3 is 0 Å². The largest absolute Gasteiger partial charge is 0.263 e. The SMILES string of the molecule is Cc1cc(C)c(C)c(S(=O)(=O)Nc2cncc(Cl)n2)c1C. The van der Waals surface area contributed by atoms with E-state index in [9.17, 15) is 8.42 Å². The molecule has 0 aliphatic carbocycles. The van der Waals surface area contributed by atoms with Gasteiger partial charge in [-0.2, -0.15) is 0 Å². The van der Waals surface area contributed by atoms with Crippen molar-refractivity contribution in [1.29, 1.82) is 0 Å². The molecule has 0 unspecified atom stereocenters. The van der Waals surface area contributed by atoms with Gasteiger partial charge in [-0.1, -0.05) is 17.7 Å². The van der Waals surface area contributed by atoms with Crippen LogP contribution in [0.2, 0.25) is 5.15 Å². The third-order valence-electron chi connectivity index (χ3n) is 3.41. The highest BCUT2D eigenvalue weighted by molar-refractivity contribution is 7.92. The van der Waals surface area contributed by atoms with E-state index in [-0.39, 0.29) is 15.9 Å². The molecule has 0 saturated heterocycles. The molecule has 1 heterocycles. The quantitative estimate of drug-likeness (QED) is 0.940. The Balaban J connectivity index is 2.55. The number of aromatic nitrogens is 2. The Morgan fingerprint density at radius 1 is 1.05 bits per heavy atom. The van der Waals surface area contributed by atoms with Crippen molar-refractivity contribution in [2.24, 2.45) is 0 Å². The van der Waals surface area contributed by atoms with Crippen molar-refractivity contribution in [3.05, 3.63) is 45.9 Å². The maximum Gasteiger partial charge on any atom is 0.263 e. The van der Waals surface area contributed by atoms with Gasteiger partial charge in [0, 0.05) is 0 Å². The minimum atomic E-state index is -3.75. The molecule has 2 rings (SSSR count). The Morgan fingerprint density at radius 2 is 1.62 bits per heavy atom. The van der Waals surface area contributed by atoms with Gasteiger partial charge in [-0.3, -0.25) is 9.71 Å². The highest BCUT2D eigenvalue weighted by Gasteiger charge is 2.22. The van der Waals surface area contributed by atoms with Crippen LogP contribution >= 0.6 is 11.6 Å². The smallest absolute Gasteiger partial charge is 0.262 e. The molecule has 0 bridgehead atoms. The van der Waals surface area contributed by atoms with Crippen LogP contribution in [0.3, 0.4) is 0 Å². The summed E-state index contributed by atoms with van der Waals surface area (Å²) in [7, 11) is -3.75. The minimum absolute atomic E-state index is 0.0976. The van der Waals surface area contributed by atoms with Gasteiger partial charge in [0.1, 0.15) is 5.15 Å². The van der Waals surface area contributed by atoms with E-state index in [0.29, 0.717) is 0 Å². The Labute approximate surface area is 129 Å². The second-order valence-electron chi connectivity index (χ2n) is 4.92. The fourth-order valence-electron chi connectivity index (χ4n) is 2.16. The molecule has 5 nitrogen and oxygen atoms in total. The monoisotopic (exact) mass is 325 g/mol. The van der Waals surface area contributed by atoms with Crippen molar-refractivity contribution in [3.63, 3.8) is 0 Å². The highest BCUT2D eigenvalue weighted by Crippen LogP contribution is 2.27. The van der Waals surface area contributed by atoms with Crippen molar-refractivity contribution in [2.45, 2.75) is 32.6 Å². The van der Waals surface area contributed by atoms with Crippen LogP contribution < -0.4 is 4.72 Å². The Morgan fingerprint density at radius 3 is 2.14 bits per heavy atom. The third-order valence-corrected chi connectivity index (χ3v) is 5.22. The molecule has 7 heteroatoms. The number of anilines is 1. The summed E-state index contributed by atoms with van der Waals surface area (Å²) in [6, 6.07) is 1.98. The summed E-state index contributed by atoms with van der Waals surface area (Å²) in [5.74, 6) is 0.0976. The van der Waals surface area contributed by atoms with Crippen LogP contribution in [0.15, 0.2) is 23.4 Å². The molecule has 0 saturated carbocycles. The van der Waals surface area contributed by atoms with E-state index >= 15 is 0 Å². The number of hydrogen-bond donors (Lipinski definition) is 1. The maximum atomic E-state index is 12.6. The average Bonchev–Trinajstić information content (AvgIpc) is 2.35. The van der Waals surface area contributed by atoms with Crippen molar-refractivity contribution in [3.8, 4) is 0 Å². The van der Waals surface area contributed by atoms with Gasteiger partial charge in [-0.05, 0) is 49.9 Å². The van der Waals surface area contributed by atoms with Crippen molar-refractivity contribution < 1.29 is 8.42 Å². The second-order valence-corrected chi connectivity index (χ2v) is 6.93. The van der Waals surface area contributed by atoms with E-state index in [0.717, 1.165) is 22.3 Å². The van der Waals surface area contributed by atoms with E-state index in [1.807, 2.05) is 19.9 Å². The molecule has 1 aromatic carbocycles. The van der Waals surface area contributed by atoms with E-state index in [1.54, 1.807) is 13.8 Å². The van der Waals surface area contributed by atoms with Crippen LogP contribution in [-0.4, -0.2) is 18.4 Å². The first kappa shape index (κ1) is 15.7. The molecule has 112 valence electrons. The predicted molar refractivity (Wildman–Crippen MR) is 83.2 cm³/mol. The number of aryl methyl sites for hydroxylation is 2. The topological polar surface area (TPSA) is 72.0 Å². The lowest BCUT2D eigenvalue weighted by Gasteiger charge is -2.16. The molecule has 0 spiro atoms. The number of benzene rings is 1. The van der Waals surface area contributed by atoms with E-state index in [2.05, 4.69) is 14.7 Å². The summed E-state index contributed by atoms with van der Waals surface area (Å²) in [4.78, 5) is 8.00. The van der Waals surface area contributed by atoms with Crippen LogP contribution in [0, 0.1) is 27.7 Å². The summed E-state index contributed by atoms with van der Waals surface area (Å²) in [6.07, 6.45) is 2.66. The first-order chi connectivity index (χ1) is 9.72. The summed E-state index contributed by atoms with van der Waals surface area (Å²) in [6.45, 7) is 7.36. The zero-order chi connectivity index (χ0) is 15.8. The molecular formula is C14H16ClN3O2S. The lowest BCUT2D eigenvalue weighted by molar-refractivity contribution is 0.599. The van der Waals surface area contributed by atoms with Crippen molar-refractivity contribution in [2.75, 3.05) is 4.72 Å².